The molecule has 0 radical (unpaired) electrons. The zero-order valence-corrected chi connectivity index (χ0v) is 12.3. The summed E-state index contributed by atoms with van der Waals surface area (Å²) in [5.41, 5.74) is 5.78. The summed E-state index contributed by atoms with van der Waals surface area (Å²) < 4.78 is 0. The van der Waals surface area contributed by atoms with Crippen LogP contribution in [0.5, 0.6) is 0 Å². The number of aliphatic carboxylic acids is 1. The first-order chi connectivity index (χ1) is 8.86. The maximum absolute atomic E-state index is 11.7. The van der Waals surface area contributed by atoms with Gasteiger partial charge in [-0.05, 0) is 31.1 Å². The van der Waals surface area contributed by atoms with Gasteiger partial charge < -0.3 is 16.2 Å². The molecule has 4 N–H and O–H groups in total. The lowest BCUT2D eigenvalue weighted by Crippen LogP contribution is -2.42. The molecule has 0 heterocycles. The van der Waals surface area contributed by atoms with Crippen molar-refractivity contribution in [3.05, 3.63) is 0 Å². The fourth-order valence-electron chi connectivity index (χ4n) is 2.03. The number of hydrogen-bond donors (Lipinski definition) is 3. The SMILES string of the molecule is CCC(CCNC(=O)C(N)CC(C)C)CCC(=O)O. The Morgan fingerprint density at radius 3 is 2.37 bits per heavy atom. The minimum Gasteiger partial charge on any atom is -0.481 e. The van der Waals surface area contributed by atoms with Crippen molar-refractivity contribution in [2.45, 2.75) is 58.9 Å². The Morgan fingerprint density at radius 1 is 1.26 bits per heavy atom. The summed E-state index contributed by atoms with van der Waals surface area (Å²) in [5.74, 6) is -0.124. The quantitative estimate of drug-likeness (QED) is 0.565. The average molecular weight is 272 g/mol. The molecule has 1 amide bonds. The molecular formula is C14H28N2O3. The van der Waals surface area contributed by atoms with E-state index in [0.717, 1.165) is 12.8 Å². The van der Waals surface area contributed by atoms with E-state index in [1.165, 1.54) is 0 Å². The highest BCUT2D eigenvalue weighted by molar-refractivity contribution is 5.81. The summed E-state index contributed by atoms with van der Waals surface area (Å²) in [6.45, 7) is 6.68. The molecule has 0 fully saturated rings. The molecule has 0 aliphatic heterocycles. The van der Waals surface area contributed by atoms with E-state index in [9.17, 15) is 9.59 Å². The maximum Gasteiger partial charge on any atom is 0.303 e. The smallest absolute Gasteiger partial charge is 0.303 e. The van der Waals surface area contributed by atoms with Crippen molar-refractivity contribution in [3.63, 3.8) is 0 Å². The second-order valence-corrected chi connectivity index (χ2v) is 5.52. The maximum atomic E-state index is 11.7. The number of nitrogens with two attached hydrogens (primary N) is 1. The predicted octanol–water partition coefficient (Wildman–Crippen LogP) is 1.76. The first kappa shape index (κ1) is 17.9. The molecule has 0 spiro atoms. The second-order valence-electron chi connectivity index (χ2n) is 5.52. The lowest BCUT2D eigenvalue weighted by atomic mass is 9.96. The van der Waals surface area contributed by atoms with Gasteiger partial charge in [-0.2, -0.15) is 0 Å². The monoisotopic (exact) mass is 272 g/mol. The van der Waals surface area contributed by atoms with Crippen LogP contribution in [0.3, 0.4) is 0 Å². The van der Waals surface area contributed by atoms with Gasteiger partial charge in [0.05, 0.1) is 6.04 Å². The molecule has 0 aromatic carbocycles. The van der Waals surface area contributed by atoms with Gasteiger partial charge >= 0.3 is 5.97 Å². The van der Waals surface area contributed by atoms with Gasteiger partial charge in [-0.1, -0.05) is 27.2 Å². The number of hydrogen-bond acceptors (Lipinski definition) is 3. The fraction of sp³-hybridized carbons (Fsp3) is 0.857. The molecule has 19 heavy (non-hydrogen) atoms. The Balaban J connectivity index is 3.86. The molecule has 2 atom stereocenters. The number of carboxylic acid groups (broad SMARTS) is 1. The van der Waals surface area contributed by atoms with E-state index >= 15 is 0 Å². The minimum absolute atomic E-state index is 0.109. The van der Waals surface area contributed by atoms with Gasteiger partial charge in [-0.15, -0.1) is 0 Å². The fourth-order valence-corrected chi connectivity index (χ4v) is 2.03. The Hall–Kier alpha value is -1.10. The largest absolute Gasteiger partial charge is 0.481 e. The van der Waals surface area contributed by atoms with E-state index in [2.05, 4.69) is 5.32 Å². The second kappa shape index (κ2) is 9.78. The van der Waals surface area contributed by atoms with Crippen LogP contribution in [0.15, 0.2) is 0 Å². The number of carbonyl (C=O) groups is 2. The summed E-state index contributed by atoms with van der Waals surface area (Å²) in [5, 5.41) is 11.5. The number of rotatable bonds is 10. The summed E-state index contributed by atoms with van der Waals surface area (Å²) in [6, 6.07) is -0.445. The number of carbonyl (C=O) groups excluding carboxylic acids is 1. The van der Waals surface area contributed by atoms with Gasteiger partial charge in [0.25, 0.3) is 0 Å². The standard InChI is InChI=1S/C14H28N2O3/c1-4-11(5-6-13(17)18)7-8-16-14(19)12(15)9-10(2)3/h10-12H,4-9,15H2,1-3H3,(H,16,19)(H,17,18). The normalized spacial score (nSPS) is 14.2. The van der Waals surface area contributed by atoms with Crippen LogP contribution in [-0.4, -0.2) is 29.6 Å². The molecule has 0 aromatic rings. The predicted molar refractivity (Wildman–Crippen MR) is 75.7 cm³/mol. The summed E-state index contributed by atoms with van der Waals surface area (Å²) in [6.07, 6.45) is 3.28. The molecule has 0 saturated carbocycles. The summed E-state index contributed by atoms with van der Waals surface area (Å²) >= 11 is 0. The number of carboxylic acids is 1. The lowest BCUT2D eigenvalue weighted by molar-refractivity contribution is -0.137. The van der Waals surface area contributed by atoms with Crippen molar-refractivity contribution in [3.8, 4) is 0 Å². The van der Waals surface area contributed by atoms with E-state index < -0.39 is 12.0 Å². The Morgan fingerprint density at radius 2 is 1.89 bits per heavy atom. The molecule has 0 saturated heterocycles. The minimum atomic E-state index is -0.763. The topological polar surface area (TPSA) is 92.4 Å². The molecule has 5 nitrogen and oxygen atoms in total. The summed E-state index contributed by atoms with van der Waals surface area (Å²) in [7, 11) is 0. The molecule has 0 bridgehead atoms. The Kier molecular flexibility index (Phi) is 9.21. The highest BCUT2D eigenvalue weighted by Gasteiger charge is 2.15. The van der Waals surface area contributed by atoms with Crippen LogP contribution in [0.25, 0.3) is 0 Å². The molecular weight excluding hydrogens is 244 g/mol. The Bertz CT molecular complexity index is 280. The van der Waals surface area contributed by atoms with Gasteiger partial charge in [-0.25, -0.2) is 0 Å². The molecule has 0 aliphatic carbocycles. The van der Waals surface area contributed by atoms with Crippen LogP contribution >= 0.6 is 0 Å². The van der Waals surface area contributed by atoms with Crippen molar-refractivity contribution in [2.75, 3.05) is 6.54 Å². The molecule has 0 aromatic heterocycles. The van der Waals surface area contributed by atoms with Crippen LogP contribution in [0.2, 0.25) is 0 Å². The van der Waals surface area contributed by atoms with E-state index in [1.54, 1.807) is 0 Å². The van der Waals surface area contributed by atoms with Gasteiger partial charge in [0, 0.05) is 13.0 Å². The molecule has 5 heteroatoms. The van der Waals surface area contributed by atoms with Crippen LogP contribution < -0.4 is 11.1 Å². The highest BCUT2D eigenvalue weighted by Crippen LogP contribution is 2.14. The van der Waals surface area contributed by atoms with Gasteiger partial charge in [0.2, 0.25) is 5.91 Å². The third-order valence-electron chi connectivity index (χ3n) is 3.26. The highest BCUT2D eigenvalue weighted by atomic mass is 16.4. The van der Waals surface area contributed by atoms with Crippen molar-refractivity contribution in [1.29, 1.82) is 0 Å². The first-order valence-electron chi connectivity index (χ1n) is 7.11. The van der Waals surface area contributed by atoms with Crippen LogP contribution in [0.4, 0.5) is 0 Å². The number of amides is 1. The van der Waals surface area contributed by atoms with Gasteiger partial charge in [0.1, 0.15) is 0 Å². The van der Waals surface area contributed by atoms with E-state index in [0.29, 0.717) is 31.2 Å². The van der Waals surface area contributed by atoms with Crippen molar-refractivity contribution in [1.82, 2.24) is 5.32 Å². The lowest BCUT2D eigenvalue weighted by Gasteiger charge is -2.17. The summed E-state index contributed by atoms with van der Waals surface area (Å²) in [4.78, 5) is 22.2. The van der Waals surface area contributed by atoms with Gasteiger partial charge in [0.15, 0.2) is 0 Å². The van der Waals surface area contributed by atoms with Crippen molar-refractivity contribution >= 4 is 11.9 Å². The van der Waals surface area contributed by atoms with Gasteiger partial charge in [-0.3, -0.25) is 9.59 Å². The van der Waals surface area contributed by atoms with E-state index in [1.807, 2.05) is 20.8 Å². The number of nitrogens with one attached hydrogen (secondary N) is 1. The molecule has 2 unspecified atom stereocenters. The molecule has 112 valence electrons. The van der Waals surface area contributed by atoms with Crippen molar-refractivity contribution in [2.24, 2.45) is 17.6 Å². The van der Waals surface area contributed by atoms with Crippen molar-refractivity contribution < 1.29 is 14.7 Å². The van der Waals surface area contributed by atoms with E-state index in [-0.39, 0.29) is 12.3 Å². The van der Waals surface area contributed by atoms with E-state index in [4.69, 9.17) is 10.8 Å². The third kappa shape index (κ3) is 9.47. The first-order valence-corrected chi connectivity index (χ1v) is 7.11. The van der Waals surface area contributed by atoms with Crippen LogP contribution in [-0.2, 0) is 9.59 Å². The van der Waals surface area contributed by atoms with Crippen LogP contribution in [0.1, 0.15) is 52.9 Å². The third-order valence-corrected chi connectivity index (χ3v) is 3.26. The molecule has 0 rings (SSSR count). The average Bonchev–Trinajstić information content (AvgIpc) is 2.31. The molecule has 0 aliphatic rings. The zero-order valence-electron chi connectivity index (χ0n) is 12.3. The Labute approximate surface area is 115 Å². The zero-order chi connectivity index (χ0) is 14.8. The van der Waals surface area contributed by atoms with Crippen LogP contribution in [0, 0.1) is 11.8 Å².